The van der Waals surface area contributed by atoms with Crippen LogP contribution in [-0.2, 0) is 21.9 Å². The molecule has 0 aliphatic carbocycles. The van der Waals surface area contributed by atoms with Crippen LogP contribution >= 0.6 is 11.8 Å². The molecular formula is C70H54FeN4OS-6. The SMILES string of the molecule is CC(=O)Sc1ccc(C2=C3C=CC(=N3)C(c3c(C)cc(C)cc3C)=C3C=CC(=N3)C(c3ccc(C#Cc4ccccc4-[c-]4cccc4)cc3)=C3C=CC(=N3)C(c3c(C)cc(C)cc3C)=C3C=CC2=N3)cc1.[Fe].[cH-]1[cH-][cH-][cH-][cH-]1. The predicted octanol–water partition coefficient (Wildman–Crippen LogP) is 16.4. The number of hydrogen-bond donors (Lipinski definition) is 0. The molecule has 0 atom stereocenters. The van der Waals surface area contributed by atoms with Gasteiger partial charge in [-0.1, -0.05) is 101 Å². The number of aliphatic imine (C=N–C) groups is 4. The molecule has 7 aromatic carbocycles. The van der Waals surface area contributed by atoms with Crippen LogP contribution in [0.1, 0.15) is 73.7 Å². The molecule has 0 aromatic heterocycles. The molecule has 12 rings (SSSR count). The first-order valence-electron chi connectivity index (χ1n) is 25.6. The topological polar surface area (TPSA) is 66.5 Å². The first-order valence-corrected chi connectivity index (χ1v) is 26.4. The van der Waals surface area contributed by atoms with Gasteiger partial charge in [-0.15, -0.1) is 29.7 Å². The van der Waals surface area contributed by atoms with Gasteiger partial charge in [0.25, 0.3) is 0 Å². The number of allylic oxidation sites excluding steroid dienone is 12. The van der Waals surface area contributed by atoms with E-state index in [2.05, 4.69) is 205 Å². The minimum absolute atomic E-state index is 0. The van der Waals surface area contributed by atoms with Gasteiger partial charge in [0.15, 0.2) is 5.12 Å². The van der Waals surface area contributed by atoms with Crippen LogP contribution in [0.5, 0.6) is 0 Å². The summed E-state index contributed by atoms with van der Waals surface area (Å²) >= 11 is 1.22. The number of fused-ring (bicyclic) bond motifs is 4. The maximum atomic E-state index is 12.1. The number of hydrogen-bond acceptors (Lipinski definition) is 6. The molecule has 0 amide bonds. The Bertz CT molecular complexity index is 3870. The number of thioether (sulfide) groups is 1. The normalized spacial score (nSPS) is 15.0. The average molecular weight is 1060 g/mol. The standard InChI is InChI=1S/C65H49N4OS.C5H5.Fe/c1-38-34-40(3)60(41(4)35-38)64-56-30-26-52(66-56)62(48-20-17-45(18-21-48)16-19-47-14-10-11-15-51(47)46-12-8-9-13-46)53-27-31-57(67-53)65(61-42(5)36-39(2)37-43(61)6)59-33-29-55(69-59)63(54-28-32-58(64)68-54)49-22-24-50(25-23-49)71-44(7)70;1-2-4-5-3-1;/h8-15,17-18,20-37H,1-7H3;1-5H;/q-1;-5;. The number of aryl methyl sites for hydroxylation is 6. The molecule has 7 aromatic rings. The maximum Gasteiger partial charge on any atom is 0.190 e. The van der Waals surface area contributed by atoms with E-state index in [0.29, 0.717) is 0 Å². The molecule has 0 unspecified atom stereocenters. The van der Waals surface area contributed by atoms with E-state index in [1.165, 1.54) is 22.9 Å². The molecule has 5 aliphatic rings. The molecule has 0 N–H and O–H groups in total. The summed E-state index contributed by atoms with van der Waals surface area (Å²) < 4.78 is 0. The fourth-order valence-corrected chi connectivity index (χ4v) is 11.4. The fourth-order valence-electron chi connectivity index (χ4n) is 10.8. The van der Waals surface area contributed by atoms with E-state index in [4.69, 9.17) is 20.0 Å². The largest absolute Gasteiger partial charge is 0.748 e. The molecule has 5 nitrogen and oxygen atoms in total. The summed E-state index contributed by atoms with van der Waals surface area (Å²) in [6, 6.07) is 52.2. The Balaban J connectivity index is 0.00000106. The Morgan fingerprint density at radius 1 is 0.468 bits per heavy atom. The maximum absolute atomic E-state index is 12.1. The van der Waals surface area contributed by atoms with Crippen LogP contribution in [0.25, 0.3) is 33.4 Å². The fraction of sp³-hybridized carbons (Fsp3) is 0.100. The second-order valence-corrected chi connectivity index (χ2v) is 20.8. The zero-order valence-electron chi connectivity index (χ0n) is 44.0. The minimum atomic E-state index is 0. The van der Waals surface area contributed by atoms with Gasteiger partial charge >= 0.3 is 0 Å². The van der Waals surface area contributed by atoms with Gasteiger partial charge < -0.3 is 30.3 Å². The third kappa shape index (κ3) is 10.8. The summed E-state index contributed by atoms with van der Waals surface area (Å²) in [6.45, 7) is 14.6. The molecule has 5 aliphatic heterocycles. The zero-order valence-corrected chi connectivity index (χ0v) is 45.9. The van der Waals surface area contributed by atoms with Crippen molar-refractivity contribution in [1.29, 1.82) is 0 Å². The third-order valence-corrected chi connectivity index (χ3v) is 14.6. The molecule has 8 bridgehead atoms. The van der Waals surface area contributed by atoms with Crippen molar-refractivity contribution >= 4 is 62.0 Å². The Hall–Kier alpha value is -8.50. The Kier molecular flexibility index (Phi) is 15.1. The van der Waals surface area contributed by atoms with Crippen LogP contribution in [-0.4, -0.2) is 28.0 Å². The summed E-state index contributed by atoms with van der Waals surface area (Å²) in [5, 5.41) is 0.0401. The van der Waals surface area contributed by atoms with Crippen LogP contribution in [0.4, 0.5) is 0 Å². The summed E-state index contributed by atoms with van der Waals surface area (Å²) in [5.41, 5.74) is 25.5. The second-order valence-electron chi connectivity index (χ2n) is 19.5. The number of rotatable bonds is 6. The van der Waals surface area contributed by atoms with Crippen LogP contribution in [0.15, 0.2) is 248 Å². The van der Waals surface area contributed by atoms with Crippen molar-refractivity contribution in [2.45, 2.75) is 53.4 Å². The molecule has 5 heterocycles. The van der Waals surface area contributed by atoms with Crippen molar-refractivity contribution in [3.05, 3.63) is 290 Å². The van der Waals surface area contributed by atoms with Gasteiger partial charge in [-0.2, -0.15) is 12.1 Å². The Morgan fingerprint density at radius 3 is 1.29 bits per heavy atom. The van der Waals surface area contributed by atoms with Crippen LogP contribution in [0.3, 0.4) is 0 Å². The Labute approximate surface area is 467 Å². The van der Waals surface area contributed by atoms with Crippen molar-refractivity contribution in [3.8, 4) is 23.0 Å². The molecule has 7 heteroatoms. The van der Waals surface area contributed by atoms with E-state index >= 15 is 0 Å². The first-order chi connectivity index (χ1) is 36.9. The van der Waals surface area contributed by atoms with Gasteiger partial charge in [0.1, 0.15) is 0 Å². The quantitative estimate of drug-likeness (QED) is 0.0721. The van der Waals surface area contributed by atoms with Crippen molar-refractivity contribution in [1.82, 2.24) is 0 Å². The van der Waals surface area contributed by atoms with Crippen LogP contribution in [0.2, 0.25) is 0 Å². The van der Waals surface area contributed by atoms with Gasteiger partial charge in [0, 0.05) is 56.7 Å². The first kappa shape index (κ1) is 52.0. The van der Waals surface area contributed by atoms with Gasteiger partial charge in [0.05, 0.1) is 45.6 Å². The van der Waals surface area contributed by atoms with E-state index in [9.17, 15) is 4.79 Å². The third-order valence-electron chi connectivity index (χ3n) is 13.8. The van der Waals surface area contributed by atoms with Gasteiger partial charge in [-0.25, -0.2) is 20.0 Å². The number of benzene rings is 5. The zero-order chi connectivity index (χ0) is 52.5. The van der Waals surface area contributed by atoms with Crippen LogP contribution in [0, 0.1) is 53.4 Å². The van der Waals surface area contributed by atoms with Gasteiger partial charge in [-0.3, -0.25) is 4.79 Å². The van der Waals surface area contributed by atoms with Crippen molar-refractivity contribution in [3.63, 3.8) is 0 Å². The summed E-state index contributed by atoms with van der Waals surface area (Å²) in [5.74, 6) is 6.91. The molecule has 0 radical (unpaired) electrons. The van der Waals surface area contributed by atoms with E-state index in [-0.39, 0.29) is 22.2 Å². The van der Waals surface area contributed by atoms with E-state index < -0.39 is 0 Å². The summed E-state index contributed by atoms with van der Waals surface area (Å²) in [4.78, 5) is 35.2. The molecular weight excluding hydrogens is 1000 g/mol. The average Bonchev–Trinajstić information content (AvgIpc) is 4.29. The number of carbonyl (C=O) groups excluding carboxylic acids is 1. The summed E-state index contributed by atoms with van der Waals surface area (Å²) in [7, 11) is 0. The number of carbonyl (C=O) groups is 1. The molecule has 0 spiro atoms. The monoisotopic (exact) mass is 1050 g/mol. The molecule has 0 saturated heterocycles. The van der Waals surface area contributed by atoms with Crippen LogP contribution < -0.4 is 0 Å². The molecule has 0 saturated carbocycles. The van der Waals surface area contributed by atoms with Gasteiger partial charge in [-0.05, 0) is 164 Å². The second kappa shape index (κ2) is 22.4. The smallest absolute Gasteiger partial charge is 0.190 e. The van der Waals surface area contributed by atoms with Crippen molar-refractivity contribution in [2.75, 3.05) is 0 Å². The van der Waals surface area contributed by atoms with E-state index in [1.54, 1.807) is 6.92 Å². The molecule has 0 fully saturated rings. The van der Waals surface area contributed by atoms with E-state index in [0.717, 1.165) is 140 Å². The Morgan fingerprint density at radius 2 is 0.857 bits per heavy atom. The van der Waals surface area contributed by atoms with Gasteiger partial charge in [0.2, 0.25) is 0 Å². The minimum Gasteiger partial charge on any atom is -0.748 e. The van der Waals surface area contributed by atoms with E-state index in [1.807, 2.05) is 48.5 Å². The molecule has 380 valence electrons. The number of nitrogens with zero attached hydrogens (tertiary/aromatic N) is 4. The molecule has 77 heavy (non-hydrogen) atoms. The predicted molar refractivity (Wildman–Crippen MR) is 320 cm³/mol. The van der Waals surface area contributed by atoms with Crippen molar-refractivity contribution in [2.24, 2.45) is 20.0 Å². The van der Waals surface area contributed by atoms with Crippen molar-refractivity contribution < 1.29 is 21.9 Å². The summed E-state index contributed by atoms with van der Waals surface area (Å²) in [6.07, 6.45) is 16.9.